The van der Waals surface area contributed by atoms with Crippen LogP contribution in [0.3, 0.4) is 0 Å². The van der Waals surface area contributed by atoms with E-state index in [1.165, 1.54) is 24.8 Å². The van der Waals surface area contributed by atoms with Crippen molar-refractivity contribution in [3.05, 3.63) is 35.4 Å². The molecule has 1 aromatic carbocycles. The Labute approximate surface area is 226 Å². The summed E-state index contributed by atoms with van der Waals surface area (Å²) in [4.78, 5) is 44.0. The first kappa shape index (κ1) is 27.3. The zero-order valence-electron chi connectivity index (χ0n) is 23.4. The summed E-state index contributed by atoms with van der Waals surface area (Å²) in [5.41, 5.74) is 1.65. The van der Waals surface area contributed by atoms with Crippen LogP contribution < -0.4 is 10.6 Å². The second-order valence-electron chi connectivity index (χ2n) is 12.9. The molecule has 3 aliphatic heterocycles. The Balaban J connectivity index is 1.24. The lowest BCUT2D eigenvalue weighted by Crippen LogP contribution is -2.53. The van der Waals surface area contributed by atoms with E-state index in [1.54, 1.807) is 4.90 Å². The third-order valence-corrected chi connectivity index (χ3v) is 9.02. The van der Waals surface area contributed by atoms with Gasteiger partial charge >= 0.3 is 0 Å². The number of likely N-dealkylation sites (N-methyl/N-ethyl adjacent to an activating group) is 1. The van der Waals surface area contributed by atoms with Crippen molar-refractivity contribution in [2.24, 2.45) is 5.41 Å². The van der Waals surface area contributed by atoms with Crippen molar-refractivity contribution in [1.29, 1.82) is 0 Å². The van der Waals surface area contributed by atoms with Crippen LogP contribution in [0.4, 0.5) is 0 Å². The van der Waals surface area contributed by atoms with Gasteiger partial charge in [0.2, 0.25) is 5.91 Å². The second-order valence-corrected chi connectivity index (χ2v) is 12.9. The van der Waals surface area contributed by atoms with E-state index in [2.05, 4.69) is 48.4 Å². The summed E-state index contributed by atoms with van der Waals surface area (Å²) in [6.07, 6.45) is 6.55. The number of nitrogens with one attached hydrogen (secondary N) is 2. The van der Waals surface area contributed by atoms with Gasteiger partial charge in [-0.2, -0.15) is 0 Å². The molecule has 1 aromatic rings. The van der Waals surface area contributed by atoms with E-state index in [0.717, 1.165) is 32.0 Å². The highest BCUT2D eigenvalue weighted by Gasteiger charge is 2.53. The van der Waals surface area contributed by atoms with Gasteiger partial charge in [0.15, 0.2) is 5.78 Å². The lowest BCUT2D eigenvalue weighted by Gasteiger charge is -2.42. The van der Waals surface area contributed by atoms with E-state index in [0.29, 0.717) is 24.4 Å². The lowest BCUT2D eigenvalue weighted by molar-refractivity contribution is -0.138. The molecule has 4 aliphatic rings. The molecule has 8 nitrogen and oxygen atoms in total. The molecule has 1 unspecified atom stereocenters. The van der Waals surface area contributed by atoms with Gasteiger partial charge in [0.1, 0.15) is 24.8 Å². The number of rotatable bonds is 7. The number of hydrogen-bond acceptors (Lipinski definition) is 6. The Morgan fingerprint density at radius 3 is 2.34 bits per heavy atom. The monoisotopic (exact) mass is 524 g/mol. The number of fused-ring (bicyclic) bond motifs is 1. The third-order valence-electron chi connectivity index (χ3n) is 9.02. The molecule has 0 aromatic heterocycles. The smallest absolute Gasteiger partial charge is 0.251 e. The van der Waals surface area contributed by atoms with Gasteiger partial charge in [-0.25, -0.2) is 0 Å². The Morgan fingerprint density at radius 1 is 1.08 bits per heavy atom. The first-order chi connectivity index (χ1) is 18.1. The number of amides is 2. The number of ether oxygens (including phenoxy) is 1. The van der Waals surface area contributed by atoms with E-state index in [-0.39, 0.29) is 41.8 Å². The SMILES string of the molecule is CN[C@H]1CN(C(=O)C(CC(C)(C)C)NC(=O)c2ccc(C3CCN(C4CCC4)CC3)cc2)[C@@H]2C(=O)CO[C@H]12. The molecule has 2 N–H and O–H groups in total. The Bertz CT molecular complexity index is 1020. The molecule has 208 valence electrons. The molecular weight excluding hydrogens is 480 g/mol. The number of carbonyl (C=O) groups is 3. The van der Waals surface area contributed by atoms with Crippen LogP contribution >= 0.6 is 0 Å². The summed E-state index contributed by atoms with van der Waals surface area (Å²) in [6.45, 7) is 8.90. The van der Waals surface area contributed by atoms with Gasteiger partial charge < -0.3 is 25.2 Å². The number of Topliss-reactive ketones (excluding diaryl/α,β-unsaturated/α-hetero) is 1. The highest BCUT2D eigenvalue weighted by atomic mass is 16.5. The maximum atomic E-state index is 13.8. The van der Waals surface area contributed by atoms with Crippen LogP contribution in [0.5, 0.6) is 0 Å². The molecule has 2 amide bonds. The van der Waals surface area contributed by atoms with Crippen molar-refractivity contribution < 1.29 is 19.1 Å². The Morgan fingerprint density at radius 2 is 1.76 bits per heavy atom. The van der Waals surface area contributed by atoms with Crippen LogP contribution in [0.1, 0.15) is 81.1 Å². The fourth-order valence-corrected chi connectivity index (χ4v) is 6.65. The van der Waals surface area contributed by atoms with Crippen molar-refractivity contribution in [1.82, 2.24) is 20.4 Å². The van der Waals surface area contributed by atoms with E-state index >= 15 is 0 Å². The van der Waals surface area contributed by atoms with Crippen LogP contribution in [-0.2, 0) is 14.3 Å². The predicted molar refractivity (Wildman–Crippen MR) is 146 cm³/mol. The van der Waals surface area contributed by atoms with Crippen molar-refractivity contribution >= 4 is 17.6 Å². The fraction of sp³-hybridized carbons (Fsp3) is 0.700. The minimum Gasteiger partial charge on any atom is -0.366 e. The van der Waals surface area contributed by atoms with E-state index in [9.17, 15) is 14.4 Å². The highest BCUT2D eigenvalue weighted by molar-refractivity contribution is 5.99. The number of benzene rings is 1. The molecule has 0 spiro atoms. The highest BCUT2D eigenvalue weighted by Crippen LogP contribution is 2.34. The van der Waals surface area contributed by atoms with Gasteiger partial charge in [0, 0.05) is 18.2 Å². The van der Waals surface area contributed by atoms with Crippen LogP contribution in [0, 0.1) is 5.41 Å². The summed E-state index contributed by atoms with van der Waals surface area (Å²) in [6, 6.07) is 7.33. The maximum absolute atomic E-state index is 13.8. The van der Waals surface area contributed by atoms with Crippen molar-refractivity contribution in [2.75, 3.05) is 33.3 Å². The molecule has 8 heteroatoms. The molecule has 38 heavy (non-hydrogen) atoms. The Hall–Kier alpha value is -2.29. The van der Waals surface area contributed by atoms with Crippen molar-refractivity contribution in [3.8, 4) is 0 Å². The number of hydrogen-bond donors (Lipinski definition) is 2. The molecular formula is C30H44N4O4. The average molecular weight is 525 g/mol. The molecule has 1 saturated carbocycles. The van der Waals surface area contributed by atoms with Gasteiger partial charge in [0.25, 0.3) is 5.91 Å². The van der Waals surface area contributed by atoms with Crippen molar-refractivity contribution in [3.63, 3.8) is 0 Å². The largest absolute Gasteiger partial charge is 0.366 e. The normalized spacial score (nSPS) is 27.7. The molecule has 3 heterocycles. The number of carbonyl (C=O) groups excluding carboxylic acids is 3. The summed E-state index contributed by atoms with van der Waals surface area (Å²) >= 11 is 0. The first-order valence-electron chi connectivity index (χ1n) is 14.4. The van der Waals surface area contributed by atoms with Gasteiger partial charge in [-0.1, -0.05) is 39.3 Å². The topological polar surface area (TPSA) is 91.0 Å². The standard InChI is InChI=1S/C30H44N4O4/c1-30(2,3)16-23(29(37)34-17-24(31-4)27-26(34)25(35)18-38-27)32-28(36)21-10-8-19(9-11-21)20-12-14-33(15-13-20)22-6-5-7-22/h8-11,20,22-24,26-27,31H,5-7,12-18H2,1-4H3,(H,32,36)/t23?,24-,26+,27+/m0/s1. The number of piperidine rings is 1. The molecule has 4 atom stereocenters. The van der Waals surface area contributed by atoms with E-state index < -0.39 is 12.1 Å². The number of likely N-dealkylation sites (tertiary alicyclic amines) is 2. The van der Waals surface area contributed by atoms with Crippen LogP contribution in [0.15, 0.2) is 24.3 Å². The molecule has 0 radical (unpaired) electrons. The molecule has 3 saturated heterocycles. The number of ketones is 1. The van der Waals surface area contributed by atoms with Crippen LogP contribution in [0.2, 0.25) is 0 Å². The second kappa shape index (κ2) is 11.1. The Kier molecular flexibility index (Phi) is 7.94. The molecule has 4 fully saturated rings. The zero-order chi connectivity index (χ0) is 27.0. The van der Waals surface area contributed by atoms with Crippen molar-refractivity contribution in [2.45, 2.75) is 95.5 Å². The quantitative estimate of drug-likeness (QED) is 0.570. The molecule has 0 bridgehead atoms. The third kappa shape index (κ3) is 5.68. The van der Waals surface area contributed by atoms with E-state index in [4.69, 9.17) is 4.74 Å². The minimum absolute atomic E-state index is 0.0273. The molecule has 1 aliphatic carbocycles. The predicted octanol–water partition coefficient (Wildman–Crippen LogP) is 2.72. The van der Waals surface area contributed by atoms with Gasteiger partial charge in [0.05, 0.1) is 6.04 Å². The van der Waals surface area contributed by atoms with Gasteiger partial charge in [-0.15, -0.1) is 0 Å². The van der Waals surface area contributed by atoms with Crippen LogP contribution in [0.25, 0.3) is 0 Å². The lowest BCUT2D eigenvalue weighted by atomic mass is 9.85. The summed E-state index contributed by atoms with van der Waals surface area (Å²) in [5, 5.41) is 6.19. The summed E-state index contributed by atoms with van der Waals surface area (Å²) < 4.78 is 5.70. The van der Waals surface area contributed by atoms with Crippen LogP contribution in [-0.4, -0.2) is 91.0 Å². The number of nitrogens with zero attached hydrogens (tertiary/aromatic N) is 2. The summed E-state index contributed by atoms with van der Waals surface area (Å²) in [7, 11) is 1.82. The zero-order valence-corrected chi connectivity index (χ0v) is 23.4. The fourth-order valence-electron chi connectivity index (χ4n) is 6.65. The molecule has 5 rings (SSSR count). The van der Waals surface area contributed by atoms with E-state index in [1.807, 2.05) is 19.2 Å². The van der Waals surface area contributed by atoms with Gasteiger partial charge in [-0.3, -0.25) is 14.4 Å². The van der Waals surface area contributed by atoms with Gasteiger partial charge in [-0.05, 0) is 81.3 Å². The average Bonchev–Trinajstić information content (AvgIpc) is 3.42. The maximum Gasteiger partial charge on any atom is 0.251 e. The summed E-state index contributed by atoms with van der Waals surface area (Å²) in [5.74, 6) is -0.00678. The minimum atomic E-state index is -0.720. The first-order valence-corrected chi connectivity index (χ1v) is 14.4.